The number of ether oxygens (including phenoxy) is 1. The number of aromatic nitrogens is 3. The van der Waals surface area contributed by atoms with Gasteiger partial charge in [0.05, 0.1) is 5.75 Å². The summed E-state index contributed by atoms with van der Waals surface area (Å²) in [6, 6.07) is 26.2. The number of thioether (sulfide) groups is 1. The van der Waals surface area contributed by atoms with Crippen LogP contribution in [0.5, 0.6) is 5.75 Å². The average Bonchev–Trinajstić information content (AvgIpc) is 3.51. The molecule has 2 heterocycles. The maximum Gasteiger partial charge on any atom is 0.237 e. The molecule has 1 aliphatic rings. The minimum absolute atomic E-state index is 0.0719. The Hall–Kier alpha value is -3.84. The molecule has 0 spiro atoms. The molecule has 1 aliphatic heterocycles. The highest BCUT2D eigenvalue weighted by molar-refractivity contribution is 7.99. The highest BCUT2D eigenvalue weighted by Crippen LogP contribution is 2.31. The topological polar surface area (TPSA) is 60.2 Å². The lowest BCUT2D eigenvalue weighted by Gasteiger charge is -2.17. The molecule has 7 heteroatoms. The normalized spacial score (nSPS) is 12.4. The average molecular weight is 483 g/mol. The van der Waals surface area contributed by atoms with Gasteiger partial charge in [0.15, 0.2) is 11.0 Å². The number of nitrogens with zero attached hydrogens (tertiary/aromatic N) is 4. The lowest BCUT2D eigenvalue weighted by molar-refractivity contribution is -0.116. The van der Waals surface area contributed by atoms with Crippen LogP contribution in [0, 0.1) is 0 Å². The molecule has 35 heavy (non-hydrogen) atoms. The van der Waals surface area contributed by atoms with Gasteiger partial charge in [0, 0.05) is 24.3 Å². The Morgan fingerprint density at radius 1 is 1.00 bits per heavy atom. The quantitative estimate of drug-likeness (QED) is 0.236. The fourth-order valence-electron chi connectivity index (χ4n) is 4.24. The zero-order valence-electron chi connectivity index (χ0n) is 19.3. The molecular formula is C28H26N4O2S. The fraction of sp³-hybridized carbons (Fsp3) is 0.179. The molecule has 0 unspecified atom stereocenters. The molecule has 6 nitrogen and oxygen atoms in total. The van der Waals surface area contributed by atoms with Gasteiger partial charge in [-0.15, -0.1) is 16.8 Å². The van der Waals surface area contributed by atoms with E-state index in [1.165, 1.54) is 17.3 Å². The number of hydrogen-bond acceptors (Lipinski definition) is 5. The number of fused-ring (bicyclic) bond motifs is 1. The number of anilines is 1. The molecule has 0 fully saturated rings. The number of rotatable bonds is 9. The van der Waals surface area contributed by atoms with Gasteiger partial charge in [-0.3, -0.25) is 9.36 Å². The van der Waals surface area contributed by atoms with Crippen LogP contribution in [0.3, 0.4) is 0 Å². The third kappa shape index (κ3) is 5.00. The summed E-state index contributed by atoms with van der Waals surface area (Å²) in [6.07, 6.45) is 2.69. The van der Waals surface area contributed by atoms with Gasteiger partial charge in [-0.1, -0.05) is 84.6 Å². The molecule has 0 N–H and O–H groups in total. The predicted octanol–water partition coefficient (Wildman–Crippen LogP) is 5.39. The molecule has 5 rings (SSSR count). The van der Waals surface area contributed by atoms with Crippen molar-refractivity contribution in [2.45, 2.75) is 24.7 Å². The lowest BCUT2D eigenvalue weighted by Crippen LogP contribution is -2.30. The number of amides is 1. The summed E-state index contributed by atoms with van der Waals surface area (Å²) in [5.74, 6) is 1.84. The van der Waals surface area contributed by atoms with E-state index >= 15 is 0 Å². The maximum atomic E-state index is 12.9. The Labute approximate surface area is 209 Å². The highest BCUT2D eigenvalue weighted by Gasteiger charge is 2.25. The number of benzene rings is 3. The van der Waals surface area contributed by atoms with E-state index in [0.717, 1.165) is 35.5 Å². The summed E-state index contributed by atoms with van der Waals surface area (Å²) in [7, 11) is 0. The molecule has 0 bridgehead atoms. The molecule has 0 atom stereocenters. The number of carbonyl (C=O) groups is 1. The zero-order chi connectivity index (χ0) is 24.0. The van der Waals surface area contributed by atoms with E-state index < -0.39 is 0 Å². The number of carbonyl (C=O) groups excluding carboxylic acids is 1. The molecule has 1 amide bonds. The molecule has 176 valence electrons. The van der Waals surface area contributed by atoms with Crippen molar-refractivity contribution in [1.29, 1.82) is 0 Å². The van der Waals surface area contributed by atoms with Crippen LogP contribution in [0.25, 0.3) is 11.1 Å². The van der Waals surface area contributed by atoms with Gasteiger partial charge in [-0.25, -0.2) is 0 Å². The predicted molar refractivity (Wildman–Crippen MR) is 140 cm³/mol. The summed E-state index contributed by atoms with van der Waals surface area (Å²) in [6.45, 7) is 5.39. The van der Waals surface area contributed by atoms with Gasteiger partial charge < -0.3 is 9.64 Å². The molecule has 0 aliphatic carbocycles. The summed E-state index contributed by atoms with van der Waals surface area (Å²) in [5.41, 5.74) is 4.34. The van der Waals surface area contributed by atoms with Crippen LogP contribution in [0.4, 0.5) is 5.69 Å². The van der Waals surface area contributed by atoms with Crippen molar-refractivity contribution in [2.24, 2.45) is 0 Å². The highest BCUT2D eigenvalue weighted by atomic mass is 32.2. The second-order valence-electron chi connectivity index (χ2n) is 8.16. The van der Waals surface area contributed by atoms with Crippen LogP contribution < -0.4 is 9.64 Å². The first kappa shape index (κ1) is 22.9. The van der Waals surface area contributed by atoms with E-state index in [-0.39, 0.29) is 12.5 Å². The Bertz CT molecular complexity index is 1340. The van der Waals surface area contributed by atoms with Crippen molar-refractivity contribution in [1.82, 2.24) is 14.8 Å². The number of allylic oxidation sites excluding steroid dienone is 1. The van der Waals surface area contributed by atoms with Crippen LogP contribution in [-0.2, 0) is 24.4 Å². The zero-order valence-corrected chi connectivity index (χ0v) is 20.2. The molecule has 0 radical (unpaired) electrons. The van der Waals surface area contributed by atoms with Gasteiger partial charge in [-0.05, 0) is 29.7 Å². The second-order valence-corrected chi connectivity index (χ2v) is 9.10. The van der Waals surface area contributed by atoms with Gasteiger partial charge in [0.25, 0.3) is 0 Å². The SMILES string of the molecule is C=CCn1c(COc2ccccc2-c2ccccc2)nnc1SCC(=O)N1CCc2ccccc21. The fourth-order valence-corrected chi connectivity index (χ4v) is 5.08. The van der Waals surface area contributed by atoms with E-state index in [1.807, 2.05) is 70.1 Å². The Morgan fingerprint density at radius 2 is 1.77 bits per heavy atom. The monoisotopic (exact) mass is 482 g/mol. The first-order chi connectivity index (χ1) is 17.2. The van der Waals surface area contributed by atoms with Crippen LogP contribution in [0.2, 0.25) is 0 Å². The second kappa shape index (κ2) is 10.6. The molecule has 1 aromatic heterocycles. The van der Waals surface area contributed by atoms with Crippen molar-refractivity contribution in [2.75, 3.05) is 17.2 Å². The van der Waals surface area contributed by atoms with Crippen LogP contribution in [0.15, 0.2) is 96.7 Å². The van der Waals surface area contributed by atoms with Crippen molar-refractivity contribution in [3.05, 3.63) is 103 Å². The van der Waals surface area contributed by atoms with E-state index in [1.54, 1.807) is 6.08 Å². The summed E-state index contributed by atoms with van der Waals surface area (Å²) < 4.78 is 8.13. The Morgan fingerprint density at radius 3 is 2.63 bits per heavy atom. The maximum absolute atomic E-state index is 12.9. The molecule has 0 saturated heterocycles. The summed E-state index contributed by atoms with van der Waals surface area (Å²) >= 11 is 1.39. The van der Waals surface area contributed by atoms with Crippen molar-refractivity contribution in [3.63, 3.8) is 0 Å². The van der Waals surface area contributed by atoms with Gasteiger partial charge in [0.1, 0.15) is 12.4 Å². The molecule has 0 saturated carbocycles. The minimum Gasteiger partial charge on any atom is -0.485 e. The Kier molecular flexibility index (Phi) is 6.95. The first-order valence-corrected chi connectivity index (χ1v) is 12.5. The van der Waals surface area contributed by atoms with Crippen LogP contribution in [0.1, 0.15) is 11.4 Å². The van der Waals surface area contributed by atoms with Crippen LogP contribution >= 0.6 is 11.8 Å². The first-order valence-electron chi connectivity index (χ1n) is 11.6. The Balaban J connectivity index is 1.28. The molecular weight excluding hydrogens is 456 g/mol. The third-order valence-corrected chi connectivity index (χ3v) is 6.90. The minimum atomic E-state index is 0.0719. The smallest absolute Gasteiger partial charge is 0.237 e. The summed E-state index contributed by atoms with van der Waals surface area (Å²) in [5, 5.41) is 9.39. The third-order valence-electron chi connectivity index (χ3n) is 5.95. The largest absolute Gasteiger partial charge is 0.485 e. The van der Waals surface area contributed by atoms with E-state index in [2.05, 4.69) is 35.0 Å². The lowest BCUT2D eigenvalue weighted by atomic mass is 10.1. The molecule has 3 aromatic carbocycles. The van der Waals surface area contributed by atoms with Gasteiger partial charge in [-0.2, -0.15) is 0 Å². The van der Waals surface area contributed by atoms with Crippen molar-refractivity contribution >= 4 is 23.4 Å². The van der Waals surface area contributed by atoms with Gasteiger partial charge in [0.2, 0.25) is 5.91 Å². The standard InChI is InChI=1S/C28H26N4O2S/c1-2-17-32-26(19-34-25-15-9-7-13-23(25)21-10-4-3-5-11-21)29-30-28(32)35-20-27(33)31-18-16-22-12-6-8-14-24(22)31/h2-15H,1,16-20H2. The molecule has 4 aromatic rings. The van der Waals surface area contributed by atoms with E-state index in [0.29, 0.717) is 23.3 Å². The van der Waals surface area contributed by atoms with Crippen molar-refractivity contribution < 1.29 is 9.53 Å². The van der Waals surface area contributed by atoms with E-state index in [9.17, 15) is 4.79 Å². The van der Waals surface area contributed by atoms with Gasteiger partial charge >= 0.3 is 0 Å². The van der Waals surface area contributed by atoms with Crippen molar-refractivity contribution in [3.8, 4) is 16.9 Å². The summed E-state index contributed by atoms with van der Waals surface area (Å²) in [4.78, 5) is 14.8. The number of hydrogen-bond donors (Lipinski definition) is 0. The van der Waals surface area contributed by atoms with E-state index in [4.69, 9.17) is 4.74 Å². The number of para-hydroxylation sites is 2. The van der Waals surface area contributed by atoms with Crippen LogP contribution in [-0.4, -0.2) is 33.0 Å².